The Balaban J connectivity index is 1.79. The number of ketones is 1. The fourth-order valence-corrected chi connectivity index (χ4v) is 4.60. The van der Waals surface area contributed by atoms with E-state index in [1.54, 1.807) is 45.5 Å². The van der Waals surface area contributed by atoms with Crippen molar-refractivity contribution in [2.24, 2.45) is 11.8 Å². The van der Waals surface area contributed by atoms with Crippen LogP contribution in [0.15, 0.2) is 28.9 Å². The van der Waals surface area contributed by atoms with E-state index in [1.165, 1.54) is 12.8 Å². The smallest absolute Gasteiger partial charge is 0.251 e. The predicted octanol–water partition coefficient (Wildman–Crippen LogP) is 4.68. The van der Waals surface area contributed by atoms with Crippen molar-refractivity contribution < 1.29 is 14.3 Å². The zero-order chi connectivity index (χ0) is 22.4. The van der Waals surface area contributed by atoms with Crippen LogP contribution in [0.1, 0.15) is 55.1 Å². The predicted molar refractivity (Wildman–Crippen MR) is 124 cm³/mol. The van der Waals surface area contributed by atoms with Gasteiger partial charge in [0.2, 0.25) is 5.95 Å². The summed E-state index contributed by atoms with van der Waals surface area (Å²) in [5.74, 6) is 1.93. The first-order valence-electron chi connectivity index (χ1n) is 10.6. The van der Waals surface area contributed by atoms with Gasteiger partial charge in [0.25, 0.3) is 5.91 Å². The Kier molecular flexibility index (Phi) is 8.01. The first-order valence-corrected chi connectivity index (χ1v) is 11.4. The van der Waals surface area contributed by atoms with Gasteiger partial charge in [0, 0.05) is 25.2 Å². The molecule has 8 heteroatoms. The first-order chi connectivity index (χ1) is 14.9. The minimum absolute atomic E-state index is 0.181. The molecule has 1 aromatic heterocycles. The van der Waals surface area contributed by atoms with E-state index in [4.69, 9.17) is 9.72 Å². The Morgan fingerprint density at radius 1 is 1.23 bits per heavy atom. The van der Waals surface area contributed by atoms with Crippen LogP contribution in [0, 0.1) is 11.8 Å². The van der Waals surface area contributed by atoms with Crippen molar-refractivity contribution in [1.29, 1.82) is 0 Å². The average Bonchev–Trinajstić information content (AvgIpc) is 2.76. The minimum atomic E-state index is -0.181. The number of nitrogens with one attached hydrogen (secondary N) is 2. The lowest BCUT2D eigenvalue weighted by Crippen LogP contribution is -2.24. The Labute approximate surface area is 191 Å². The molecule has 1 fully saturated rings. The number of halogens is 1. The molecule has 2 N–H and O–H groups in total. The molecule has 0 bridgehead atoms. The molecule has 0 unspecified atom stereocenters. The molecule has 0 radical (unpaired) electrons. The number of Topliss-reactive ketones (excluding diaryl/α,β-unsaturated/α-hetero) is 1. The van der Waals surface area contributed by atoms with E-state index in [9.17, 15) is 9.59 Å². The number of rotatable bonds is 8. The minimum Gasteiger partial charge on any atom is -0.495 e. The fraction of sp³-hybridized carbons (Fsp3) is 0.478. The molecule has 2 aromatic rings. The number of carbonyl (C=O) groups excluding carboxylic acids is 2. The van der Waals surface area contributed by atoms with Gasteiger partial charge in [-0.05, 0) is 72.2 Å². The summed E-state index contributed by atoms with van der Waals surface area (Å²) >= 11 is 3.59. The highest BCUT2D eigenvalue weighted by Crippen LogP contribution is 2.36. The van der Waals surface area contributed by atoms with Crippen molar-refractivity contribution in [2.45, 2.75) is 45.4 Å². The molecule has 1 heterocycles. The van der Waals surface area contributed by atoms with Crippen LogP contribution >= 0.6 is 15.9 Å². The number of hydrogen-bond acceptors (Lipinski definition) is 6. The lowest BCUT2D eigenvalue weighted by atomic mass is 9.75. The molecule has 3 rings (SSSR count). The molecule has 1 aliphatic carbocycles. The zero-order valence-electron chi connectivity index (χ0n) is 18.2. The van der Waals surface area contributed by atoms with Crippen molar-refractivity contribution in [3.05, 3.63) is 40.1 Å². The molecule has 7 nitrogen and oxygen atoms in total. The molecule has 1 aromatic carbocycles. The van der Waals surface area contributed by atoms with Crippen LogP contribution in [-0.4, -0.2) is 35.8 Å². The Bertz CT molecular complexity index is 950. The van der Waals surface area contributed by atoms with E-state index in [1.807, 2.05) is 0 Å². The summed E-state index contributed by atoms with van der Waals surface area (Å²) in [5.41, 5.74) is 2.12. The summed E-state index contributed by atoms with van der Waals surface area (Å²) in [6, 6.07) is 5.17. The summed E-state index contributed by atoms with van der Waals surface area (Å²) < 4.78 is 6.31. The maximum Gasteiger partial charge on any atom is 0.251 e. The van der Waals surface area contributed by atoms with E-state index >= 15 is 0 Å². The number of nitrogens with zero attached hydrogens (tertiary/aromatic N) is 2. The van der Waals surface area contributed by atoms with E-state index in [0.29, 0.717) is 41.2 Å². The highest BCUT2D eigenvalue weighted by atomic mass is 79.9. The van der Waals surface area contributed by atoms with Crippen LogP contribution in [0.5, 0.6) is 5.75 Å². The van der Waals surface area contributed by atoms with Gasteiger partial charge in [-0.3, -0.25) is 4.79 Å². The average molecular weight is 489 g/mol. The van der Waals surface area contributed by atoms with Gasteiger partial charge in [-0.1, -0.05) is 12.8 Å². The van der Waals surface area contributed by atoms with Crippen molar-refractivity contribution in [2.75, 3.05) is 19.5 Å². The summed E-state index contributed by atoms with van der Waals surface area (Å²) in [4.78, 5) is 32.7. The molecule has 0 saturated heterocycles. The van der Waals surface area contributed by atoms with Crippen molar-refractivity contribution in [3.8, 4) is 5.75 Å². The van der Waals surface area contributed by atoms with Crippen molar-refractivity contribution in [3.63, 3.8) is 0 Å². The van der Waals surface area contributed by atoms with Crippen LogP contribution in [0.2, 0.25) is 0 Å². The highest BCUT2D eigenvalue weighted by Gasteiger charge is 2.27. The zero-order valence-corrected chi connectivity index (χ0v) is 19.8. The normalized spacial score (nSPS) is 18.3. The van der Waals surface area contributed by atoms with Crippen LogP contribution in [-0.2, 0) is 11.2 Å². The second-order valence-corrected chi connectivity index (χ2v) is 8.88. The van der Waals surface area contributed by atoms with Crippen LogP contribution in [0.4, 0.5) is 11.6 Å². The van der Waals surface area contributed by atoms with Gasteiger partial charge in [-0.15, -0.1) is 0 Å². The van der Waals surface area contributed by atoms with Crippen molar-refractivity contribution >= 4 is 39.3 Å². The third-order valence-electron chi connectivity index (χ3n) is 5.83. The molecule has 166 valence electrons. The third-order valence-corrected chi connectivity index (χ3v) is 6.49. The molecule has 1 amide bonds. The molecule has 0 aliphatic heterocycles. The number of aromatic nitrogens is 2. The maximum atomic E-state index is 11.9. The summed E-state index contributed by atoms with van der Waals surface area (Å²) in [6.07, 6.45) is 7.81. The van der Waals surface area contributed by atoms with Gasteiger partial charge in [-0.2, -0.15) is 0 Å². The number of carbonyl (C=O) groups is 2. The largest absolute Gasteiger partial charge is 0.495 e. The molecule has 31 heavy (non-hydrogen) atoms. The van der Waals surface area contributed by atoms with Gasteiger partial charge in [0.15, 0.2) is 0 Å². The van der Waals surface area contributed by atoms with E-state index in [2.05, 4.69) is 31.5 Å². The lowest BCUT2D eigenvalue weighted by molar-refractivity contribution is -0.118. The second kappa shape index (κ2) is 10.7. The van der Waals surface area contributed by atoms with Crippen LogP contribution < -0.4 is 15.4 Å². The van der Waals surface area contributed by atoms with Gasteiger partial charge < -0.3 is 20.2 Å². The summed E-state index contributed by atoms with van der Waals surface area (Å²) in [7, 11) is 3.14. The number of hydrogen-bond donors (Lipinski definition) is 2. The summed E-state index contributed by atoms with van der Waals surface area (Å²) in [6.45, 7) is 1.68. The number of ether oxygens (including phenoxy) is 1. The van der Waals surface area contributed by atoms with E-state index in [-0.39, 0.29) is 11.7 Å². The van der Waals surface area contributed by atoms with Gasteiger partial charge >= 0.3 is 0 Å². The monoisotopic (exact) mass is 488 g/mol. The highest BCUT2D eigenvalue weighted by molar-refractivity contribution is 9.10. The lowest BCUT2D eigenvalue weighted by Gasteiger charge is -2.31. The van der Waals surface area contributed by atoms with E-state index in [0.717, 1.165) is 29.4 Å². The molecule has 0 spiro atoms. The third kappa shape index (κ3) is 6.03. The maximum absolute atomic E-state index is 11.9. The Hall–Kier alpha value is -2.48. The van der Waals surface area contributed by atoms with Crippen molar-refractivity contribution in [1.82, 2.24) is 15.3 Å². The standard InChI is InChI=1S/C23H29BrN4O3/c1-14(29)10-15-6-4-5-7-16(15)11-20-18(24)13-26-23(28-20)27-19-9-8-17(22(30)25-2)12-21(19)31-3/h8-9,12-13,15-16H,4-7,10-11H2,1-3H3,(H,25,30)(H,26,27,28)/t15-,16-/m0/s1. The molecule has 2 atom stereocenters. The molecular formula is C23H29BrN4O3. The SMILES string of the molecule is CNC(=O)c1ccc(Nc2ncc(Br)c(C[C@@H]3CCCC[C@H]3CC(C)=O)n2)c(OC)c1. The fourth-order valence-electron chi connectivity index (χ4n) is 4.25. The van der Waals surface area contributed by atoms with Gasteiger partial charge in [-0.25, -0.2) is 9.97 Å². The van der Waals surface area contributed by atoms with Gasteiger partial charge in [0.05, 0.1) is 23.0 Å². The number of amides is 1. The second-order valence-electron chi connectivity index (χ2n) is 8.02. The molecule has 1 saturated carbocycles. The Morgan fingerprint density at radius 3 is 2.65 bits per heavy atom. The first kappa shape index (κ1) is 23.2. The summed E-state index contributed by atoms with van der Waals surface area (Å²) in [5, 5.41) is 5.81. The van der Waals surface area contributed by atoms with Crippen LogP contribution in [0.25, 0.3) is 0 Å². The number of anilines is 2. The quantitative estimate of drug-likeness (QED) is 0.560. The number of benzene rings is 1. The van der Waals surface area contributed by atoms with Gasteiger partial charge in [0.1, 0.15) is 11.5 Å². The topological polar surface area (TPSA) is 93.2 Å². The molecular weight excluding hydrogens is 460 g/mol. The molecule has 1 aliphatic rings. The Morgan fingerprint density at radius 2 is 1.97 bits per heavy atom. The van der Waals surface area contributed by atoms with E-state index < -0.39 is 0 Å². The van der Waals surface area contributed by atoms with Crippen LogP contribution in [0.3, 0.4) is 0 Å². The number of methoxy groups -OCH3 is 1.